The number of carboxylic acid groups (broad SMARTS) is 1. The van der Waals surface area contributed by atoms with Crippen molar-refractivity contribution in [3.63, 3.8) is 0 Å². The molecule has 2 heterocycles. The zero-order valence-electron chi connectivity index (χ0n) is 11.9. The number of nitrogens with one attached hydrogen (secondary N) is 2. The maximum Gasteiger partial charge on any atom is 0.311 e. The van der Waals surface area contributed by atoms with Crippen molar-refractivity contribution in [2.45, 2.75) is 38.1 Å². The van der Waals surface area contributed by atoms with Gasteiger partial charge in [0.2, 0.25) is 0 Å². The fraction of sp³-hybridized carbons (Fsp3) is 0.462. The zero-order chi connectivity index (χ0) is 15.7. The van der Waals surface area contributed by atoms with Crippen molar-refractivity contribution >= 4 is 11.9 Å². The van der Waals surface area contributed by atoms with Crippen LogP contribution in [0.25, 0.3) is 0 Å². The minimum absolute atomic E-state index is 0.218. The second-order valence-electron chi connectivity index (χ2n) is 5.29. The lowest BCUT2D eigenvalue weighted by atomic mass is 10.2. The Morgan fingerprint density at radius 3 is 3.00 bits per heavy atom. The molecule has 116 valence electrons. The minimum Gasteiger partial charge on any atom is -0.481 e. The molecule has 1 amide bonds. The first-order valence-corrected chi connectivity index (χ1v) is 6.93. The number of H-pyrrole nitrogens is 1. The summed E-state index contributed by atoms with van der Waals surface area (Å²) in [4.78, 5) is 26.7. The summed E-state index contributed by atoms with van der Waals surface area (Å²) < 4.78 is 5.13. The van der Waals surface area contributed by atoms with E-state index in [0.29, 0.717) is 11.7 Å². The van der Waals surface area contributed by atoms with Gasteiger partial charge in [-0.2, -0.15) is 5.10 Å². The highest BCUT2D eigenvalue weighted by Crippen LogP contribution is 2.40. The fourth-order valence-electron chi connectivity index (χ4n) is 2.02. The number of carbonyl (C=O) groups is 2. The SMILES string of the molecule is CC(NC(=O)c1cc(C2CC2)on1)c1n[nH]c(CC(=O)O)n1. The van der Waals surface area contributed by atoms with E-state index in [2.05, 4.69) is 25.7 Å². The number of hydrogen-bond donors (Lipinski definition) is 3. The third-order valence-electron chi connectivity index (χ3n) is 3.34. The molecule has 0 radical (unpaired) electrons. The Balaban J connectivity index is 1.62. The highest BCUT2D eigenvalue weighted by atomic mass is 16.5. The van der Waals surface area contributed by atoms with E-state index in [-0.39, 0.29) is 23.8 Å². The van der Waals surface area contributed by atoms with Gasteiger partial charge in [0, 0.05) is 12.0 Å². The monoisotopic (exact) mass is 305 g/mol. The van der Waals surface area contributed by atoms with Gasteiger partial charge in [0.05, 0.1) is 6.04 Å². The Kier molecular flexibility index (Phi) is 3.61. The first-order valence-electron chi connectivity index (χ1n) is 6.93. The summed E-state index contributed by atoms with van der Waals surface area (Å²) in [6.45, 7) is 1.70. The van der Waals surface area contributed by atoms with Gasteiger partial charge in [-0.15, -0.1) is 0 Å². The number of carbonyl (C=O) groups excluding carboxylic acids is 1. The molecule has 0 spiro atoms. The van der Waals surface area contributed by atoms with Crippen LogP contribution in [-0.2, 0) is 11.2 Å². The predicted octanol–water partition coefficient (Wildman–Crippen LogP) is 0.788. The van der Waals surface area contributed by atoms with Crippen molar-refractivity contribution in [2.75, 3.05) is 0 Å². The Bertz CT molecular complexity index is 703. The number of rotatable bonds is 6. The number of amides is 1. The van der Waals surface area contributed by atoms with Crippen LogP contribution in [0.3, 0.4) is 0 Å². The van der Waals surface area contributed by atoms with Gasteiger partial charge in [-0.25, -0.2) is 4.98 Å². The average molecular weight is 305 g/mol. The Morgan fingerprint density at radius 2 is 2.32 bits per heavy atom. The highest BCUT2D eigenvalue weighted by molar-refractivity contribution is 5.92. The lowest BCUT2D eigenvalue weighted by Crippen LogP contribution is -2.27. The molecule has 3 N–H and O–H groups in total. The van der Waals surface area contributed by atoms with Gasteiger partial charge in [0.15, 0.2) is 11.5 Å². The van der Waals surface area contributed by atoms with Crippen LogP contribution in [0.2, 0.25) is 0 Å². The molecule has 1 aliphatic carbocycles. The molecule has 2 aromatic heterocycles. The number of aromatic amines is 1. The van der Waals surface area contributed by atoms with Crippen LogP contribution < -0.4 is 5.32 Å². The Hall–Kier alpha value is -2.71. The lowest BCUT2D eigenvalue weighted by molar-refractivity contribution is -0.136. The molecule has 0 bridgehead atoms. The van der Waals surface area contributed by atoms with Crippen LogP contribution >= 0.6 is 0 Å². The zero-order valence-corrected chi connectivity index (χ0v) is 11.9. The number of hydrogen-bond acceptors (Lipinski definition) is 6. The molecule has 1 unspecified atom stereocenters. The van der Waals surface area contributed by atoms with E-state index in [0.717, 1.165) is 18.6 Å². The van der Waals surface area contributed by atoms with E-state index in [9.17, 15) is 9.59 Å². The largest absolute Gasteiger partial charge is 0.481 e. The van der Waals surface area contributed by atoms with Crippen LogP contribution in [0.1, 0.15) is 59.6 Å². The summed E-state index contributed by atoms with van der Waals surface area (Å²) in [5.41, 5.74) is 0.218. The Labute approximate surface area is 125 Å². The molecule has 0 saturated heterocycles. The summed E-state index contributed by atoms with van der Waals surface area (Å²) in [6, 6.07) is 1.17. The molecular formula is C13H15N5O4. The quantitative estimate of drug-likeness (QED) is 0.718. The molecule has 9 nitrogen and oxygen atoms in total. The van der Waals surface area contributed by atoms with E-state index in [1.54, 1.807) is 13.0 Å². The summed E-state index contributed by atoms with van der Waals surface area (Å²) in [7, 11) is 0. The van der Waals surface area contributed by atoms with E-state index in [1.165, 1.54) is 0 Å². The van der Waals surface area contributed by atoms with E-state index in [1.807, 2.05) is 0 Å². The molecule has 0 aromatic carbocycles. The van der Waals surface area contributed by atoms with Crippen LogP contribution in [0.4, 0.5) is 0 Å². The lowest BCUT2D eigenvalue weighted by Gasteiger charge is -2.08. The maximum atomic E-state index is 12.1. The molecule has 0 aliphatic heterocycles. The van der Waals surface area contributed by atoms with Crippen LogP contribution in [0.5, 0.6) is 0 Å². The van der Waals surface area contributed by atoms with Gasteiger partial charge in [0.1, 0.15) is 18.0 Å². The summed E-state index contributed by atoms with van der Waals surface area (Å²) >= 11 is 0. The Morgan fingerprint density at radius 1 is 1.55 bits per heavy atom. The first-order chi connectivity index (χ1) is 10.5. The smallest absolute Gasteiger partial charge is 0.311 e. The standard InChI is InChI=1S/C13H15N5O4/c1-6(12-15-10(16-17-12)5-11(19)20)14-13(21)8-4-9(22-18-8)7-2-3-7/h4,6-7H,2-3,5H2,1H3,(H,14,21)(H,19,20)(H,15,16,17). The van der Waals surface area contributed by atoms with Crippen molar-refractivity contribution in [2.24, 2.45) is 0 Å². The third-order valence-corrected chi connectivity index (χ3v) is 3.34. The first kappa shape index (κ1) is 14.2. The van der Waals surface area contributed by atoms with Gasteiger partial charge in [0.25, 0.3) is 5.91 Å². The van der Waals surface area contributed by atoms with Crippen molar-refractivity contribution < 1.29 is 19.2 Å². The maximum absolute atomic E-state index is 12.1. The summed E-state index contributed by atoms with van der Waals surface area (Å²) in [5.74, 6) is 0.288. The molecule has 1 fully saturated rings. The normalized spacial score (nSPS) is 15.5. The van der Waals surface area contributed by atoms with Crippen LogP contribution in [-0.4, -0.2) is 37.3 Å². The number of aromatic nitrogens is 4. The number of aliphatic carboxylic acids is 1. The average Bonchev–Trinajstić information content (AvgIpc) is 3.00. The topological polar surface area (TPSA) is 134 Å². The summed E-state index contributed by atoms with van der Waals surface area (Å²) in [5, 5.41) is 21.6. The van der Waals surface area contributed by atoms with Crippen molar-refractivity contribution in [1.29, 1.82) is 0 Å². The van der Waals surface area contributed by atoms with E-state index < -0.39 is 12.0 Å². The molecule has 1 saturated carbocycles. The second kappa shape index (κ2) is 5.58. The molecule has 1 aliphatic rings. The van der Waals surface area contributed by atoms with E-state index >= 15 is 0 Å². The predicted molar refractivity (Wildman–Crippen MR) is 72.1 cm³/mol. The van der Waals surface area contributed by atoms with Gasteiger partial charge in [-0.3, -0.25) is 14.7 Å². The van der Waals surface area contributed by atoms with Gasteiger partial charge in [-0.05, 0) is 19.8 Å². The van der Waals surface area contributed by atoms with Crippen molar-refractivity contribution in [3.05, 3.63) is 29.2 Å². The second-order valence-corrected chi connectivity index (χ2v) is 5.29. The molecule has 22 heavy (non-hydrogen) atoms. The van der Waals surface area contributed by atoms with Crippen molar-refractivity contribution in [3.8, 4) is 0 Å². The fourth-order valence-corrected chi connectivity index (χ4v) is 2.02. The van der Waals surface area contributed by atoms with Crippen LogP contribution in [0, 0.1) is 0 Å². The highest BCUT2D eigenvalue weighted by Gasteiger charge is 2.29. The molecular weight excluding hydrogens is 290 g/mol. The van der Waals surface area contributed by atoms with Crippen LogP contribution in [0.15, 0.2) is 10.6 Å². The van der Waals surface area contributed by atoms with Gasteiger partial charge in [-0.1, -0.05) is 5.16 Å². The number of carboxylic acids is 1. The third kappa shape index (κ3) is 3.13. The van der Waals surface area contributed by atoms with Gasteiger partial charge >= 0.3 is 5.97 Å². The molecule has 1 atom stereocenters. The van der Waals surface area contributed by atoms with Gasteiger partial charge < -0.3 is 14.9 Å². The van der Waals surface area contributed by atoms with Crippen molar-refractivity contribution in [1.82, 2.24) is 25.7 Å². The molecule has 3 rings (SSSR count). The molecule has 2 aromatic rings. The number of nitrogens with zero attached hydrogens (tertiary/aromatic N) is 3. The summed E-state index contributed by atoms with van der Waals surface area (Å²) in [6.07, 6.45) is 1.88. The minimum atomic E-state index is -1.01. The molecule has 9 heteroatoms. The van der Waals surface area contributed by atoms with E-state index in [4.69, 9.17) is 9.63 Å².